The number of fused-ring (bicyclic) bond motifs is 1. The van der Waals surface area contributed by atoms with Gasteiger partial charge in [0, 0.05) is 25.9 Å². The molecule has 0 radical (unpaired) electrons. The zero-order valence-corrected chi connectivity index (χ0v) is 25.7. The highest BCUT2D eigenvalue weighted by molar-refractivity contribution is 5.58. The van der Waals surface area contributed by atoms with Crippen LogP contribution < -0.4 is 11.1 Å². The number of aromatic amines is 2. The average Bonchev–Trinajstić information content (AvgIpc) is 3.69. The van der Waals surface area contributed by atoms with Crippen molar-refractivity contribution < 1.29 is 9.84 Å². The monoisotopic (exact) mass is 578 g/mol. The Morgan fingerprint density at radius 1 is 1.14 bits per heavy atom. The fourth-order valence-electron chi connectivity index (χ4n) is 6.00. The van der Waals surface area contributed by atoms with E-state index in [1.165, 1.54) is 12.8 Å². The van der Waals surface area contributed by atoms with Gasteiger partial charge in [0.15, 0.2) is 0 Å². The Kier molecular flexibility index (Phi) is 10.8. The van der Waals surface area contributed by atoms with Crippen molar-refractivity contribution in [2.24, 2.45) is 0 Å². The number of allylic oxidation sites excluding steroid dienone is 5. The Morgan fingerprint density at radius 2 is 1.90 bits per heavy atom. The van der Waals surface area contributed by atoms with Gasteiger partial charge in [-0.15, -0.1) is 0 Å². The molecule has 1 aliphatic carbocycles. The first-order valence-corrected chi connectivity index (χ1v) is 15.2. The van der Waals surface area contributed by atoms with Crippen molar-refractivity contribution in [3.05, 3.63) is 84.8 Å². The molecule has 0 spiro atoms. The zero-order chi connectivity index (χ0) is 30.2. The lowest BCUT2D eigenvalue weighted by Crippen LogP contribution is -2.32. The normalized spacial score (nSPS) is 20.9. The van der Waals surface area contributed by atoms with E-state index in [1.807, 2.05) is 45.1 Å². The van der Waals surface area contributed by atoms with Crippen molar-refractivity contribution in [3.8, 4) is 0 Å². The molecule has 2 aliphatic heterocycles. The molecule has 2 atom stereocenters. The van der Waals surface area contributed by atoms with Crippen molar-refractivity contribution in [1.29, 1.82) is 0 Å². The molecule has 2 unspecified atom stereocenters. The third kappa shape index (κ3) is 7.04. The summed E-state index contributed by atoms with van der Waals surface area (Å²) in [7, 11) is 1.69. The van der Waals surface area contributed by atoms with Crippen LogP contribution in [0.1, 0.15) is 80.7 Å². The third-order valence-corrected chi connectivity index (χ3v) is 8.02. The number of hydrogen-bond acceptors (Lipinski definition) is 7. The molecule has 0 bridgehead atoms. The van der Waals surface area contributed by atoms with Gasteiger partial charge in [-0.25, -0.2) is 4.98 Å². The highest BCUT2D eigenvalue weighted by Gasteiger charge is 2.28. The molecule has 5 rings (SSSR count). The van der Waals surface area contributed by atoms with Gasteiger partial charge in [0.25, 0.3) is 11.1 Å². The summed E-state index contributed by atoms with van der Waals surface area (Å²) < 4.78 is 7.07. The van der Waals surface area contributed by atoms with Crippen LogP contribution in [0.25, 0.3) is 12.2 Å². The molecule has 0 saturated carbocycles. The van der Waals surface area contributed by atoms with Crippen molar-refractivity contribution in [3.63, 3.8) is 0 Å². The van der Waals surface area contributed by atoms with Crippen LogP contribution in [-0.2, 0) is 11.3 Å². The van der Waals surface area contributed by atoms with Gasteiger partial charge < -0.3 is 24.6 Å². The summed E-state index contributed by atoms with van der Waals surface area (Å²) in [6.07, 6.45) is 15.4. The Balaban J connectivity index is 0.00000198. The van der Waals surface area contributed by atoms with Crippen molar-refractivity contribution in [2.75, 3.05) is 39.9 Å². The molecule has 2 saturated heterocycles. The SMILES string of the molecule is CC.COCC1CCCN1C(/C=C(\C)O)=C/c1[nH]c(=O)c(C2C=CC=Cc3c2[nH]n(CCN2CCCC2)c3=O)nc1C. The summed E-state index contributed by atoms with van der Waals surface area (Å²) in [5.74, 6) is -0.310. The Hall–Kier alpha value is -3.63. The number of nitrogens with one attached hydrogen (secondary N) is 2. The predicted octanol–water partition coefficient (Wildman–Crippen LogP) is 4.32. The fraction of sp³-hybridized carbons (Fsp3) is 0.531. The maximum atomic E-state index is 13.5. The Labute approximate surface area is 248 Å². The molecule has 10 nitrogen and oxygen atoms in total. The van der Waals surface area contributed by atoms with Gasteiger partial charge in [-0.1, -0.05) is 32.1 Å². The molecule has 2 aromatic rings. The van der Waals surface area contributed by atoms with Crippen molar-refractivity contribution in [2.45, 2.75) is 71.9 Å². The van der Waals surface area contributed by atoms with E-state index in [4.69, 9.17) is 9.72 Å². The number of rotatable bonds is 9. The molecule has 3 aliphatic rings. The van der Waals surface area contributed by atoms with Gasteiger partial charge in [0.1, 0.15) is 5.69 Å². The molecule has 0 amide bonds. The molecule has 10 heteroatoms. The molecule has 3 N–H and O–H groups in total. The largest absolute Gasteiger partial charge is 0.513 e. The molecular formula is C32H46N6O4. The summed E-state index contributed by atoms with van der Waals surface area (Å²) in [4.78, 5) is 39.1. The first kappa shape index (κ1) is 31.3. The van der Waals surface area contributed by atoms with E-state index < -0.39 is 5.92 Å². The van der Waals surface area contributed by atoms with Crippen LogP contribution >= 0.6 is 0 Å². The minimum Gasteiger partial charge on any atom is -0.513 e. The minimum atomic E-state index is -0.491. The first-order valence-electron chi connectivity index (χ1n) is 15.2. The Morgan fingerprint density at radius 3 is 2.62 bits per heavy atom. The molecule has 2 fully saturated rings. The number of aliphatic hydroxyl groups excluding tert-OH is 1. The number of ether oxygens (including phenoxy) is 1. The van der Waals surface area contributed by atoms with Crippen LogP contribution in [0, 0.1) is 6.92 Å². The maximum absolute atomic E-state index is 13.5. The molecule has 42 heavy (non-hydrogen) atoms. The summed E-state index contributed by atoms with van der Waals surface area (Å²) >= 11 is 0. The van der Waals surface area contributed by atoms with E-state index >= 15 is 0 Å². The number of aryl methyl sites for hydroxylation is 1. The van der Waals surface area contributed by atoms with E-state index in [9.17, 15) is 14.7 Å². The standard InChI is InChI=1S/C30H40N6O4.C2H6/c1-20(37)17-23(35-14-8-9-22(35)19-40-3)18-26-21(2)31-28(29(38)32-26)24-10-4-5-11-25-27(24)33-36(30(25)39)16-15-34-12-6-7-13-34;1-2/h4-5,10-11,17-18,22,24,33,37H,6-9,12-16,19H2,1-3H3,(H,32,38);1-2H3/b20-17+,23-18+;. The van der Waals surface area contributed by atoms with Gasteiger partial charge in [-0.3, -0.25) is 19.4 Å². The summed E-state index contributed by atoms with van der Waals surface area (Å²) in [5.41, 5.74) is 3.20. The van der Waals surface area contributed by atoms with Crippen molar-refractivity contribution >= 4 is 12.2 Å². The summed E-state index contributed by atoms with van der Waals surface area (Å²) in [5, 5.41) is 13.4. The number of likely N-dealkylation sites (tertiary alicyclic amines) is 2. The van der Waals surface area contributed by atoms with Crippen LogP contribution in [0.4, 0.5) is 0 Å². The second-order valence-electron chi connectivity index (χ2n) is 10.9. The molecule has 4 heterocycles. The first-order chi connectivity index (χ1) is 20.4. The number of H-pyrrole nitrogens is 2. The summed E-state index contributed by atoms with van der Waals surface area (Å²) in [6, 6.07) is 0.194. The zero-order valence-electron chi connectivity index (χ0n) is 25.7. The van der Waals surface area contributed by atoms with E-state index in [1.54, 1.807) is 30.9 Å². The number of hydrogen-bond donors (Lipinski definition) is 3. The lowest BCUT2D eigenvalue weighted by molar-refractivity contribution is 0.134. The third-order valence-electron chi connectivity index (χ3n) is 8.02. The molecular weight excluding hydrogens is 532 g/mol. The van der Waals surface area contributed by atoms with Crippen LogP contribution in [0.15, 0.2) is 45.3 Å². The number of nitrogens with zero attached hydrogens (tertiary/aromatic N) is 4. The molecule has 2 aromatic heterocycles. The van der Waals surface area contributed by atoms with Crippen LogP contribution in [0.3, 0.4) is 0 Å². The lowest BCUT2D eigenvalue weighted by Gasteiger charge is -2.27. The second kappa shape index (κ2) is 14.5. The van der Waals surface area contributed by atoms with Gasteiger partial charge in [0.2, 0.25) is 0 Å². The van der Waals surface area contributed by atoms with Crippen LogP contribution in [0.5, 0.6) is 0 Å². The minimum absolute atomic E-state index is 0.0844. The summed E-state index contributed by atoms with van der Waals surface area (Å²) in [6.45, 7) is 12.4. The van der Waals surface area contributed by atoms with Gasteiger partial charge in [0.05, 0.1) is 53.5 Å². The number of aromatic nitrogens is 4. The molecule has 0 aromatic carbocycles. The molecule has 228 valence electrons. The fourth-order valence-corrected chi connectivity index (χ4v) is 6.00. The maximum Gasteiger partial charge on any atom is 0.274 e. The number of aliphatic hydroxyl groups is 1. The van der Waals surface area contributed by atoms with Crippen LogP contribution in [0.2, 0.25) is 0 Å². The quantitative estimate of drug-likeness (QED) is 0.300. The average molecular weight is 579 g/mol. The lowest BCUT2D eigenvalue weighted by atomic mass is 9.98. The van der Waals surface area contributed by atoms with E-state index in [-0.39, 0.29) is 22.9 Å². The van der Waals surface area contributed by atoms with Crippen molar-refractivity contribution in [1.82, 2.24) is 29.5 Å². The smallest absolute Gasteiger partial charge is 0.274 e. The van der Waals surface area contributed by atoms with E-state index in [0.717, 1.165) is 44.7 Å². The highest BCUT2D eigenvalue weighted by atomic mass is 16.5. The second-order valence-corrected chi connectivity index (χ2v) is 10.9. The number of methoxy groups -OCH3 is 1. The van der Waals surface area contributed by atoms with E-state index in [0.29, 0.717) is 41.5 Å². The highest BCUT2D eigenvalue weighted by Crippen LogP contribution is 2.28. The predicted molar refractivity (Wildman–Crippen MR) is 168 cm³/mol. The van der Waals surface area contributed by atoms with Gasteiger partial charge in [-0.05, 0) is 70.8 Å². The van der Waals surface area contributed by atoms with E-state index in [2.05, 4.69) is 19.9 Å². The topological polar surface area (TPSA) is 119 Å². The van der Waals surface area contributed by atoms with Gasteiger partial charge >= 0.3 is 0 Å². The Bertz CT molecular complexity index is 1450. The van der Waals surface area contributed by atoms with Gasteiger partial charge in [-0.2, -0.15) is 0 Å². The van der Waals surface area contributed by atoms with Crippen LogP contribution in [-0.4, -0.2) is 80.6 Å².